The summed E-state index contributed by atoms with van der Waals surface area (Å²) in [4.78, 5) is 4.53. The average Bonchev–Trinajstić information content (AvgIpc) is 2.86. The quantitative estimate of drug-likeness (QED) is 0.871. The highest BCUT2D eigenvalue weighted by molar-refractivity contribution is 7.09. The molecule has 1 atom stereocenters. The number of hydrogen-bond donors (Lipinski definition) is 1. The zero-order chi connectivity index (χ0) is 12.8. The van der Waals surface area contributed by atoms with Crippen LogP contribution >= 0.6 is 11.3 Å². The van der Waals surface area contributed by atoms with Crippen molar-refractivity contribution in [1.82, 2.24) is 4.98 Å². The van der Waals surface area contributed by atoms with Crippen molar-refractivity contribution in [2.24, 2.45) is 0 Å². The number of aliphatic hydroxyl groups excluding tert-OH is 1. The van der Waals surface area contributed by atoms with E-state index in [9.17, 15) is 5.11 Å². The molecule has 1 aromatic carbocycles. The molecule has 0 amide bonds. The highest BCUT2D eigenvalue weighted by Crippen LogP contribution is 2.22. The first-order chi connectivity index (χ1) is 8.79. The Balaban J connectivity index is 1.98. The van der Waals surface area contributed by atoms with Gasteiger partial charge in [0, 0.05) is 24.0 Å². The summed E-state index contributed by atoms with van der Waals surface area (Å²) in [5.41, 5.74) is 2.08. The smallest absolute Gasteiger partial charge is 0.0959 e. The first-order valence-corrected chi connectivity index (χ1v) is 6.93. The van der Waals surface area contributed by atoms with Crippen molar-refractivity contribution in [1.29, 1.82) is 0 Å². The van der Waals surface area contributed by atoms with Crippen molar-refractivity contribution in [3.63, 3.8) is 0 Å². The molecular weight excluding hydrogens is 246 g/mol. The highest BCUT2D eigenvalue weighted by atomic mass is 32.1. The number of aliphatic hydroxyl groups is 1. The Morgan fingerprint density at radius 3 is 2.83 bits per heavy atom. The van der Waals surface area contributed by atoms with Gasteiger partial charge in [-0.2, -0.15) is 0 Å². The van der Waals surface area contributed by atoms with E-state index in [-0.39, 0.29) is 0 Å². The minimum absolute atomic E-state index is 0.372. The van der Waals surface area contributed by atoms with Crippen LogP contribution in [0.25, 0.3) is 11.3 Å². The van der Waals surface area contributed by atoms with Crippen LogP contribution < -0.4 is 0 Å². The van der Waals surface area contributed by atoms with Crippen LogP contribution in [0, 0.1) is 0 Å². The molecule has 4 heteroatoms. The summed E-state index contributed by atoms with van der Waals surface area (Å²) in [5.74, 6) is 0. The zero-order valence-electron chi connectivity index (χ0n) is 10.4. The Morgan fingerprint density at radius 2 is 2.11 bits per heavy atom. The molecule has 0 saturated carbocycles. The lowest BCUT2D eigenvalue weighted by Crippen LogP contribution is -2.17. The van der Waals surface area contributed by atoms with Gasteiger partial charge < -0.3 is 9.84 Å². The molecule has 0 spiro atoms. The van der Waals surface area contributed by atoms with Crippen LogP contribution in [0.5, 0.6) is 0 Å². The summed E-state index contributed by atoms with van der Waals surface area (Å²) in [5, 5.41) is 12.7. The second-order valence-corrected chi connectivity index (χ2v) is 4.95. The summed E-state index contributed by atoms with van der Waals surface area (Å²) >= 11 is 1.58. The molecule has 0 aliphatic carbocycles. The van der Waals surface area contributed by atoms with Gasteiger partial charge in [-0.3, -0.25) is 0 Å². The molecule has 0 aliphatic rings. The number of aromatic nitrogens is 1. The molecule has 0 saturated heterocycles. The summed E-state index contributed by atoms with van der Waals surface area (Å²) in [6.07, 6.45) is 0.0806. The third kappa shape index (κ3) is 3.63. The van der Waals surface area contributed by atoms with Crippen LogP contribution in [0.3, 0.4) is 0 Å². The van der Waals surface area contributed by atoms with Crippen LogP contribution in [-0.2, 0) is 11.2 Å². The Labute approximate surface area is 111 Å². The van der Waals surface area contributed by atoms with Crippen molar-refractivity contribution in [2.75, 3.05) is 13.2 Å². The Bertz CT molecular complexity index is 470. The molecule has 18 heavy (non-hydrogen) atoms. The molecule has 96 valence electrons. The van der Waals surface area contributed by atoms with Crippen molar-refractivity contribution in [2.45, 2.75) is 19.4 Å². The summed E-state index contributed by atoms with van der Waals surface area (Å²) in [6.45, 7) is 2.92. The van der Waals surface area contributed by atoms with Crippen LogP contribution in [0.1, 0.15) is 11.9 Å². The lowest BCUT2D eigenvalue weighted by molar-refractivity contribution is 0.0430. The molecule has 1 unspecified atom stereocenters. The Kier molecular flexibility index (Phi) is 4.87. The maximum Gasteiger partial charge on any atom is 0.0959 e. The summed E-state index contributed by atoms with van der Waals surface area (Å²) < 4.78 is 5.19. The van der Waals surface area contributed by atoms with Crippen molar-refractivity contribution in [3.05, 3.63) is 40.7 Å². The van der Waals surface area contributed by atoms with Crippen LogP contribution in [0.15, 0.2) is 35.7 Å². The first-order valence-electron chi connectivity index (χ1n) is 6.05. The van der Waals surface area contributed by atoms with Gasteiger partial charge in [-0.25, -0.2) is 4.98 Å². The van der Waals surface area contributed by atoms with E-state index in [0.717, 1.165) is 16.3 Å². The van der Waals surface area contributed by atoms with Crippen LogP contribution in [-0.4, -0.2) is 29.4 Å². The van der Waals surface area contributed by atoms with E-state index in [1.165, 1.54) is 0 Å². The standard InChI is InChI=1S/C14H17NO2S/c1-2-17-9-12(16)8-14-15-13(10-18-14)11-6-4-3-5-7-11/h3-7,10,12,16H,2,8-9H2,1H3. The maximum atomic E-state index is 9.76. The third-order valence-electron chi connectivity index (χ3n) is 2.55. The fourth-order valence-corrected chi connectivity index (χ4v) is 2.54. The van der Waals surface area contributed by atoms with E-state index in [1.807, 2.05) is 42.6 Å². The second-order valence-electron chi connectivity index (χ2n) is 4.01. The Morgan fingerprint density at radius 1 is 1.33 bits per heavy atom. The zero-order valence-corrected chi connectivity index (χ0v) is 11.2. The van der Waals surface area contributed by atoms with Gasteiger partial charge in [0.15, 0.2) is 0 Å². The normalized spacial score (nSPS) is 12.6. The van der Waals surface area contributed by atoms with Gasteiger partial charge in [0.05, 0.1) is 23.4 Å². The third-order valence-corrected chi connectivity index (χ3v) is 3.42. The molecule has 1 heterocycles. The van der Waals surface area contributed by atoms with Gasteiger partial charge in [0.1, 0.15) is 0 Å². The summed E-state index contributed by atoms with van der Waals surface area (Å²) in [7, 11) is 0. The van der Waals surface area contributed by atoms with Crippen LogP contribution in [0.4, 0.5) is 0 Å². The minimum atomic E-state index is -0.472. The van der Waals surface area contributed by atoms with Crippen molar-refractivity contribution in [3.8, 4) is 11.3 Å². The maximum absolute atomic E-state index is 9.76. The van der Waals surface area contributed by atoms with Crippen molar-refractivity contribution >= 4 is 11.3 Å². The van der Waals surface area contributed by atoms with Gasteiger partial charge in [0.25, 0.3) is 0 Å². The lowest BCUT2D eigenvalue weighted by Gasteiger charge is -2.07. The lowest BCUT2D eigenvalue weighted by atomic mass is 10.2. The SMILES string of the molecule is CCOCC(O)Cc1nc(-c2ccccc2)cs1. The number of benzene rings is 1. The van der Waals surface area contributed by atoms with Gasteiger partial charge >= 0.3 is 0 Å². The summed E-state index contributed by atoms with van der Waals surface area (Å²) in [6, 6.07) is 10.1. The molecule has 0 bridgehead atoms. The van der Waals surface area contributed by atoms with Crippen molar-refractivity contribution < 1.29 is 9.84 Å². The van der Waals surface area contributed by atoms with Gasteiger partial charge in [-0.05, 0) is 6.92 Å². The number of hydrogen-bond acceptors (Lipinski definition) is 4. The molecule has 2 aromatic rings. The van der Waals surface area contributed by atoms with Gasteiger partial charge in [-0.1, -0.05) is 30.3 Å². The number of nitrogens with zero attached hydrogens (tertiary/aromatic N) is 1. The molecule has 3 nitrogen and oxygen atoms in total. The predicted octanol–water partition coefficient (Wildman–Crippen LogP) is 2.75. The van der Waals surface area contributed by atoms with Gasteiger partial charge in [-0.15, -0.1) is 11.3 Å². The molecule has 0 radical (unpaired) electrons. The number of rotatable bonds is 6. The van der Waals surface area contributed by atoms with E-state index in [4.69, 9.17) is 4.74 Å². The Hall–Kier alpha value is -1.23. The van der Waals surface area contributed by atoms with E-state index < -0.39 is 6.10 Å². The monoisotopic (exact) mass is 263 g/mol. The topological polar surface area (TPSA) is 42.4 Å². The molecule has 0 aliphatic heterocycles. The van der Waals surface area contributed by atoms with E-state index in [1.54, 1.807) is 11.3 Å². The fourth-order valence-electron chi connectivity index (χ4n) is 1.66. The predicted molar refractivity (Wildman–Crippen MR) is 73.8 cm³/mol. The number of ether oxygens (including phenoxy) is 1. The molecule has 1 N–H and O–H groups in total. The van der Waals surface area contributed by atoms with E-state index in [0.29, 0.717) is 19.6 Å². The first kappa shape index (κ1) is 13.2. The highest BCUT2D eigenvalue weighted by Gasteiger charge is 2.10. The molecule has 1 aromatic heterocycles. The number of thiazole rings is 1. The molecular formula is C14H17NO2S. The average molecular weight is 263 g/mol. The van der Waals surface area contributed by atoms with Gasteiger partial charge in [0.2, 0.25) is 0 Å². The van der Waals surface area contributed by atoms with E-state index in [2.05, 4.69) is 4.98 Å². The minimum Gasteiger partial charge on any atom is -0.390 e. The fraction of sp³-hybridized carbons (Fsp3) is 0.357. The van der Waals surface area contributed by atoms with Crippen LogP contribution in [0.2, 0.25) is 0 Å². The second kappa shape index (κ2) is 6.64. The van der Waals surface area contributed by atoms with E-state index >= 15 is 0 Å². The molecule has 2 rings (SSSR count). The molecule has 0 fully saturated rings. The largest absolute Gasteiger partial charge is 0.390 e.